The molecule has 1 aliphatic rings. The number of rotatable bonds is 3. The molecular weight excluding hydrogens is 436 g/mol. The van der Waals surface area contributed by atoms with Crippen LogP contribution in [0, 0.1) is 21.0 Å². The van der Waals surface area contributed by atoms with E-state index in [0.29, 0.717) is 0 Å². The van der Waals surface area contributed by atoms with Crippen LogP contribution in [0.2, 0.25) is 0 Å². The summed E-state index contributed by atoms with van der Waals surface area (Å²) < 4.78 is 40.8. The second-order valence-electron chi connectivity index (χ2n) is 4.13. The van der Waals surface area contributed by atoms with Gasteiger partial charge in [0.1, 0.15) is 17.1 Å². The first-order valence-electron chi connectivity index (χ1n) is 5.78. The van der Waals surface area contributed by atoms with Crippen molar-refractivity contribution in [2.45, 2.75) is 12.8 Å². The van der Waals surface area contributed by atoms with Crippen LogP contribution in [0.1, 0.15) is 23.2 Å². The van der Waals surface area contributed by atoms with E-state index in [0.717, 1.165) is 0 Å². The van der Waals surface area contributed by atoms with Crippen molar-refractivity contribution in [2.75, 3.05) is 0 Å². The van der Waals surface area contributed by atoms with Crippen molar-refractivity contribution in [3.05, 3.63) is 37.0 Å². The molecule has 2 amide bonds. The number of halogens is 4. The number of imide groups is 1. The molecular formula is C11H4F3IN4O4. The fourth-order valence-corrected chi connectivity index (χ4v) is 2.43. The van der Waals surface area contributed by atoms with Gasteiger partial charge in [0.05, 0.1) is 3.57 Å². The zero-order valence-electron chi connectivity index (χ0n) is 10.8. The molecule has 1 fully saturated rings. The minimum atomic E-state index is -1.90. The number of nitrogens with zero attached hydrogens (tertiary/aromatic N) is 4. The predicted molar refractivity (Wildman–Crippen MR) is 74.3 cm³/mol. The maximum absolute atomic E-state index is 13.9. The van der Waals surface area contributed by atoms with Crippen LogP contribution in [0.25, 0.3) is 10.4 Å². The molecule has 1 saturated heterocycles. The molecule has 0 aliphatic carbocycles. The van der Waals surface area contributed by atoms with Gasteiger partial charge < -0.3 is 4.84 Å². The molecule has 0 atom stereocenters. The van der Waals surface area contributed by atoms with Crippen LogP contribution >= 0.6 is 22.6 Å². The highest BCUT2D eigenvalue weighted by Gasteiger charge is 2.36. The second kappa shape index (κ2) is 6.42. The van der Waals surface area contributed by atoms with Crippen molar-refractivity contribution in [2.24, 2.45) is 5.11 Å². The molecule has 12 heteroatoms. The van der Waals surface area contributed by atoms with Crippen LogP contribution in [0.4, 0.5) is 18.9 Å². The van der Waals surface area contributed by atoms with E-state index < -0.39 is 50.1 Å². The summed E-state index contributed by atoms with van der Waals surface area (Å²) in [6.07, 6.45) is -0.408. The van der Waals surface area contributed by atoms with Gasteiger partial charge in [0, 0.05) is 17.8 Å². The van der Waals surface area contributed by atoms with Gasteiger partial charge in [0.25, 0.3) is 11.8 Å². The van der Waals surface area contributed by atoms with Gasteiger partial charge in [-0.25, -0.2) is 18.0 Å². The largest absolute Gasteiger partial charge is 0.368 e. The summed E-state index contributed by atoms with van der Waals surface area (Å²) in [6.45, 7) is 0. The molecule has 1 aromatic carbocycles. The number of benzene rings is 1. The quantitative estimate of drug-likeness (QED) is 0.180. The van der Waals surface area contributed by atoms with Crippen LogP contribution in [0.5, 0.6) is 0 Å². The maximum atomic E-state index is 13.9. The van der Waals surface area contributed by atoms with E-state index in [9.17, 15) is 27.6 Å². The van der Waals surface area contributed by atoms with E-state index in [1.165, 1.54) is 22.6 Å². The molecule has 1 aliphatic heterocycles. The first kappa shape index (κ1) is 17.0. The van der Waals surface area contributed by atoms with E-state index >= 15 is 0 Å². The standard InChI is InChI=1S/C11H4F3IN4O4/c12-6-5(9(15)8(14)10(7(6)13)17-18-16)11(22)23-19-3(20)1-2-4(19)21/h1-2H2. The first-order chi connectivity index (χ1) is 10.8. The highest BCUT2D eigenvalue weighted by Crippen LogP contribution is 2.33. The highest BCUT2D eigenvalue weighted by molar-refractivity contribution is 14.1. The molecule has 0 N–H and O–H groups in total. The minimum Gasteiger partial charge on any atom is -0.325 e. The van der Waals surface area contributed by atoms with Crippen molar-refractivity contribution >= 4 is 46.1 Å². The summed E-state index contributed by atoms with van der Waals surface area (Å²) in [5.41, 5.74) is 5.79. The monoisotopic (exact) mass is 440 g/mol. The van der Waals surface area contributed by atoms with Crippen molar-refractivity contribution in [3.8, 4) is 0 Å². The fourth-order valence-electron chi connectivity index (χ4n) is 1.72. The third-order valence-electron chi connectivity index (χ3n) is 2.77. The zero-order chi connectivity index (χ0) is 17.3. The van der Waals surface area contributed by atoms with Crippen molar-refractivity contribution < 1.29 is 32.4 Å². The van der Waals surface area contributed by atoms with E-state index in [1.54, 1.807) is 0 Å². The van der Waals surface area contributed by atoms with Gasteiger partial charge in [0.2, 0.25) is 0 Å². The lowest BCUT2D eigenvalue weighted by Gasteiger charge is -2.14. The Morgan fingerprint density at radius 2 is 1.74 bits per heavy atom. The van der Waals surface area contributed by atoms with Crippen molar-refractivity contribution in [1.82, 2.24) is 5.06 Å². The topological polar surface area (TPSA) is 112 Å². The Morgan fingerprint density at radius 1 is 1.17 bits per heavy atom. The summed E-state index contributed by atoms with van der Waals surface area (Å²) >= 11 is 1.17. The zero-order valence-corrected chi connectivity index (χ0v) is 13.0. The number of carbonyl (C=O) groups excluding carboxylic acids is 3. The average Bonchev–Trinajstić information content (AvgIpc) is 2.82. The molecule has 0 aromatic heterocycles. The Balaban J connectivity index is 2.47. The lowest BCUT2D eigenvalue weighted by molar-refractivity contribution is -0.172. The molecule has 0 unspecified atom stereocenters. The van der Waals surface area contributed by atoms with Gasteiger partial charge in [-0.05, 0) is 28.1 Å². The second-order valence-corrected chi connectivity index (χ2v) is 5.21. The Morgan fingerprint density at radius 3 is 2.26 bits per heavy atom. The van der Waals surface area contributed by atoms with Crippen molar-refractivity contribution in [1.29, 1.82) is 0 Å². The highest BCUT2D eigenvalue weighted by atomic mass is 127. The molecule has 0 spiro atoms. The third kappa shape index (κ3) is 2.94. The molecule has 0 radical (unpaired) electrons. The number of azide groups is 1. The summed E-state index contributed by atoms with van der Waals surface area (Å²) in [5, 5.41) is 2.78. The molecule has 0 bridgehead atoms. The van der Waals surface area contributed by atoms with Gasteiger partial charge >= 0.3 is 5.97 Å². The first-order valence-corrected chi connectivity index (χ1v) is 6.86. The van der Waals surface area contributed by atoms with Crippen LogP contribution in [-0.4, -0.2) is 22.8 Å². The summed E-state index contributed by atoms with van der Waals surface area (Å²) in [6, 6.07) is 0. The van der Waals surface area contributed by atoms with Gasteiger partial charge in [0.15, 0.2) is 11.6 Å². The molecule has 1 heterocycles. The summed E-state index contributed by atoms with van der Waals surface area (Å²) in [5.74, 6) is -8.53. The van der Waals surface area contributed by atoms with Gasteiger partial charge in [-0.1, -0.05) is 5.11 Å². The molecule has 1 aromatic rings. The Hall–Kier alpha value is -2.34. The van der Waals surface area contributed by atoms with Crippen molar-refractivity contribution in [3.63, 3.8) is 0 Å². The molecule has 2 rings (SSSR count). The lowest BCUT2D eigenvalue weighted by Crippen LogP contribution is -2.32. The maximum Gasteiger partial charge on any atom is 0.368 e. The van der Waals surface area contributed by atoms with E-state index in [4.69, 9.17) is 5.53 Å². The van der Waals surface area contributed by atoms with Gasteiger partial charge in [-0.2, -0.15) is 0 Å². The number of hydrogen-bond acceptors (Lipinski definition) is 5. The van der Waals surface area contributed by atoms with Crippen LogP contribution < -0.4 is 0 Å². The molecule has 23 heavy (non-hydrogen) atoms. The Labute approximate surface area is 138 Å². The average molecular weight is 440 g/mol. The number of amides is 2. The third-order valence-corrected chi connectivity index (χ3v) is 3.78. The molecule has 0 saturated carbocycles. The van der Waals surface area contributed by atoms with E-state index in [2.05, 4.69) is 14.9 Å². The fraction of sp³-hybridized carbons (Fsp3) is 0.182. The van der Waals surface area contributed by atoms with E-state index in [1.807, 2.05) is 0 Å². The number of hydrogen-bond donors (Lipinski definition) is 0. The summed E-state index contributed by atoms with van der Waals surface area (Å²) in [7, 11) is 0. The number of hydroxylamine groups is 2. The minimum absolute atomic E-state index is 0.106. The Kier molecular flexibility index (Phi) is 4.75. The van der Waals surface area contributed by atoms with E-state index in [-0.39, 0.29) is 17.9 Å². The van der Waals surface area contributed by atoms with Crippen LogP contribution in [0.3, 0.4) is 0 Å². The summed E-state index contributed by atoms with van der Waals surface area (Å²) in [4.78, 5) is 41.1. The normalized spacial score (nSPS) is 14.0. The smallest absolute Gasteiger partial charge is 0.325 e. The van der Waals surface area contributed by atoms with Gasteiger partial charge in [-0.3, -0.25) is 9.59 Å². The van der Waals surface area contributed by atoms with Gasteiger partial charge in [-0.15, -0.1) is 5.06 Å². The lowest BCUT2D eigenvalue weighted by atomic mass is 10.1. The van der Waals surface area contributed by atoms with Crippen LogP contribution in [-0.2, 0) is 14.4 Å². The SMILES string of the molecule is [N-]=[N+]=Nc1c(F)c(F)c(C(=O)ON2C(=O)CCC2=O)c(I)c1F. The Bertz CT molecular complexity index is 749. The predicted octanol–water partition coefficient (Wildman–Crippen LogP) is 2.87. The number of carbonyl (C=O) groups is 3. The molecule has 120 valence electrons. The van der Waals surface area contributed by atoms with Crippen LogP contribution in [0.15, 0.2) is 5.11 Å². The molecule has 8 nitrogen and oxygen atoms in total.